The van der Waals surface area contributed by atoms with Crippen LogP contribution in [0.4, 0.5) is 0 Å². The number of piperidine rings is 1. The Bertz CT molecular complexity index is 813. The van der Waals surface area contributed by atoms with Crippen molar-refractivity contribution in [1.82, 2.24) is 24.4 Å². The summed E-state index contributed by atoms with van der Waals surface area (Å²) in [6.07, 6.45) is 3.22. The second kappa shape index (κ2) is 7.35. The molecule has 24 heavy (non-hydrogen) atoms. The summed E-state index contributed by atoms with van der Waals surface area (Å²) in [7, 11) is 0.253. The minimum Gasteiger partial charge on any atom is -0.319 e. The van der Waals surface area contributed by atoms with Gasteiger partial charge in [0.25, 0.3) is 0 Å². The van der Waals surface area contributed by atoms with E-state index in [4.69, 9.17) is 0 Å². The topological polar surface area (TPSA) is 80.1 Å². The zero-order valence-electron chi connectivity index (χ0n) is 14.2. The molecule has 1 aliphatic heterocycles. The van der Waals surface area contributed by atoms with Crippen molar-refractivity contribution in [2.24, 2.45) is 13.0 Å². The summed E-state index contributed by atoms with van der Waals surface area (Å²) >= 11 is 0. The number of nitrogens with one attached hydrogen (secondary N) is 1. The minimum absolute atomic E-state index is 0. The molecule has 0 spiro atoms. The van der Waals surface area contributed by atoms with Gasteiger partial charge in [0, 0.05) is 31.7 Å². The lowest BCUT2D eigenvalue weighted by Crippen LogP contribution is -2.40. The Morgan fingerprint density at radius 2 is 2.00 bits per heavy atom. The molecule has 7 nitrogen and oxygen atoms in total. The predicted molar refractivity (Wildman–Crippen MR) is 95.9 cm³/mol. The normalized spacial score (nSPS) is 17.1. The van der Waals surface area contributed by atoms with Crippen LogP contribution in [0.1, 0.15) is 18.5 Å². The Morgan fingerprint density at radius 1 is 1.33 bits per heavy atom. The van der Waals surface area contributed by atoms with E-state index in [1.54, 1.807) is 15.1 Å². The van der Waals surface area contributed by atoms with Gasteiger partial charge in [-0.25, -0.2) is 13.4 Å². The van der Waals surface area contributed by atoms with Crippen molar-refractivity contribution >= 4 is 33.5 Å². The number of halogens is 1. The second-order valence-electron chi connectivity index (χ2n) is 6.16. The van der Waals surface area contributed by atoms with Crippen LogP contribution in [0, 0.1) is 12.8 Å². The van der Waals surface area contributed by atoms with E-state index in [1.165, 1.54) is 6.20 Å². The number of hydrogen-bond acceptors (Lipinski definition) is 5. The van der Waals surface area contributed by atoms with Crippen molar-refractivity contribution in [3.8, 4) is 0 Å². The van der Waals surface area contributed by atoms with Gasteiger partial charge in [-0.15, -0.1) is 12.4 Å². The van der Waals surface area contributed by atoms with Crippen LogP contribution >= 0.6 is 12.4 Å². The molecule has 0 aliphatic carbocycles. The van der Waals surface area contributed by atoms with Crippen LogP contribution in [0.25, 0.3) is 11.0 Å². The van der Waals surface area contributed by atoms with Crippen molar-refractivity contribution < 1.29 is 8.42 Å². The molecule has 1 saturated heterocycles. The zero-order valence-corrected chi connectivity index (χ0v) is 15.8. The number of aryl methyl sites for hydroxylation is 2. The number of pyridine rings is 1. The van der Waals surface area contributed by atoms with Crippen LogP contribution in [-0.4, -0.2) is 54.2 Å². The van der Waals surface area contributed by atoms with Crippen LogP contribution < -0.4 is 5.32 Å². The van der Waals surface area contributed by atoms with Gasteiger partial charge in [-0.2, -0.15) is 9.40 Å². The van der Waals surface area contributed by atoms with Crippen LogP contribution in [0.2, 0.25) is 0 Å². The Kier molecular flexibility index (Phi) is 5.85. The van der Waals surface area contributed by atoms with Gasteiger partial charge in [0.05, 0.1) is 5.69 Å². The van der Waals surface area contributed by atoms with E-state index in [1.807, 2.05) is 21.0 Å². The molecule has 2 aromatic heterocycles. The van der Waals surface area contributed by atoms with E-state index in [9.17, 15) is 8.42 Å². The fraction of sp³-hybridized carbons (Fsp3) is 0.600. The Morgan fingerprint density at radius 3 is 2.62 bits per heavy atom. The summed E-state index contributed by atoms with van der Waals surface area (Å²) in [5.41, 5.74) is 1.49. The molecule has 1 fully saturated rings. The molecule has 134 valence electrons. The van der Waals surface area contributed by atoms with E-state index in [0.29, 0.717) is 24.7 Å². The summed E-state index contributed by atoms with van der Waals surface area (Å²) in [6, 6.07) is 1.69. The average molecular weight is 374 g/mol. The first kappa shape index (κ1) is 19.1. The van der Waals surface area contributed by atoms with Crippen LogP contribution in [-0.2, 0) is 17.1 Å². The van der Waals surface area contributed by atoms with E-state index < -0.39 is 10.0 Å². The lowest BCUT2D eigenvalue weighted by Gasteiger charge is -2.31. The Balaban J connectivity index is 0.00000208. The van der Waals surface area contributed by atoms with Crippen molar-refractivity contribution in [3.63, 3.8) is 0 Å². The quantitative estimate of drug-likeness (QED) is 0.874. The van der Waals surface area contributed by atoms with Gasteiger partial charge >= 0.3 is 0 Å². The van der Waals surface area contributed by atoms with Crippen molar-refractivity contribution in [3.05, 3.63) is 18.0 Å². The van der Waals surface area contributed by atoms with Gasteiger partial charge in [-0.1, -0.05) is 0 Å². The number of sulfonamides is 1. The van der Waals surface area contributed by atoms with Gasteiger partial charge in [-0.05, 0) is 45.3 Å². The van der Waals surface area contributed by atoms with Crippen molar-refractivity contribution in [2.75, 3.05) is 26.7 Å². The van der Waals surface area contributed by atoms with E-state index in [0.717, 1.165) is 30.5 Å². The first-order chi connectivity index (χ1) is 10.9. The standard InChI is InChI=1S/C15H23N5O2S.ClH/c1-11-14-8-13(10-17-15(14)19(3)18-11)23(21,22)20-6-4-12(5-7-20)9-16-2;/h8,10,12,16H,4-7,9H2,1-3H3;1H. The highest BCUT2D eigenvalue weighted by molar-refractivity contribution is 7.89. The first-order valence-corrected chi connectivity index (χ1v) is 9.31. The fourth-order valence-corrected chi connectivity index (χ4v) is 4.66. The lowest BCUT2D eigenvalue weighted by atomic mass is 9.98. The monoisotopic (exact) mass is 373 g/mol. The van der Waals surface area contributed by atoms with Crippen LogP contribution in [0.15, 0.2) is 17.2 Å². The molecule has 0 saturated carbocycles. The first-order valence-electron chi connectivity index (χ1n) is 7.87. The van der Waals surface area contributed by atoms with Gasteiger partial charge < -0.3 is 5.32 Å². The number of hydrogen-bond donors (Lipinski definition) is 1. The highest BCUT2D eigenvalue weighted by Crippen LogP contribution is 2.25. The highest BCUT2D eigenvalue weighted by Gasteiger charge is 2.29. The molecule has 3 rings (SSSR count). The van der Waals surface area contributed by atoms with Crippen LogP contribution in [0.3, 0.4) is 0 Å². The maximum atomic E-state index is 12.9. The zero-order chi connectivity index (χ0) is 16.6. The molecule has 0 unspecified atom stereocenters. The molecule has 1 N–H and O–H groups in total. The third-order valence-corrected chi connectivity index (χ3v) is 6.41. The van der Waals surface area contributed by atoms with E-state index in [2.05, 4.69) is 15.4 Å². The molecule has 0 bridgehead atoms. The Labute approximate surface area is 148 Å². The summed E-state index contributed by atoms with van der Waals surface area (Å²) in [6.45, 7) is 3.94. The maximum absolute atomic E-state index is 12.9. The number of fused-ring (bicyclic) bond motifs is 1. The van der Waals surface area contributed by atoms with Gasteiger partial charge in [0.2, 0.25) is 10.0 Å². The van der Waals surface area contributed by atoms with Crippen molar-refractivity contribution in [2.45, 2.75) is 24.7 Å². The summed E-state index contributed by atoms with van der Waals surface area (Å²) in [5.74, 6) is 0.549. The smallest absolute Gasteiger partial charge is 0.244 e. The molecule has 0 aromatic carbocycles. The summed E-state index contributed by atoms with van der Waals surface area (Å²) < 4.78 is 29.0. The lowest BCUT2D eigenvalue weighted by molar-refractivity contribution is 0.270. The molecule has 2 aromatic rings. The predicted octanol–water partition coefficient (Wildman–Crippen LogP) is 1.32. The minimum atomic E-state index is -3.49. The van der Waals surface area contributed by atoms with E-state index >= 15 is 0 Å². The number of nitrogens with zero attached hydrogens (tertiary/aromatic N) is 4. The third-order valence-electron chi connectivity index (χ3n) is 4.54. The Hall–Kier alpha value is -1.22. The maximum Gasteiger partial charge on any atom is 0.244 e. The van der Waals surface area contributed by atoms with Gasteiger partial charge in [0.1, 0.15) is 4.90 Å². The highest BCUT2D eigenvalue weighted by atomic mass is 35.5. The van der Waals surface area contributed by atoms with Gasteiger partial charge in [-0.3, -0.25) is 4.68 Å². The van der Waals surface area contributed by atoms with Crippen molar-refractivity contribution in [1.29, 1.82) is 0 Å². The molecular formula is C15H24ClN5O2S. The molecular weight excluding hydrogens is 350 g/mol. The van der Waals surface area contributed by atoms with E-state index in [-0.39, 0.29) is 17.3 Å². The molecule has 3 heterocycles. The third kappa shape index (κ3) is 3.42. The molecule has 0 radical (unpaired) electrons. The molecule has 9 heteroatoms. The average Bonchev–Trinajstić information content (AvgIpc) is 2.82. The molecule has 1 aliphatic rings. The number of rotatable bonds is 4. The largest absolute Gasteiger partial charge is 0.319 e. The summed E-state index contributed by atoms with van der Waals surface area (Å²) in [5, 5.41) is 8.25. The van der Waals surface area contributed by atoms with Crippen LogP contribution in [0.5, 0.6) is 0 Å². The fourth-order valence-electron chi connectivity index (χ4n) is 3.22. The molecule has 0 atom stereocenters. The summed E-state index contributed by atoms with van der Waals surface area (Å²) in [4.78, 5) is 4.55. The second-order valence-corrected chi connectivity index (χ2v) is 8.09. The SMILES string of the molecule is CNCC1CCN(S(=O)(=O)c2cnc3c(c2)c(C)nn3C)CC1.Cl. The number of aromatic nitrogens is 3. The van der Waals surface area contributed by atoms with Gasteiger partial charge in [0.15, 0.2) is 5.65 Å². The molecule has 0 amide bonds.